The van der Waals surface area contributed by atoms with Crippen molar-refractivity contribution in [3.63, 3.8) is 0 Å². The molecule has 18 heavy (non-hydrogen) atoms. The minimum atomic E-state index is -0.212. The molecular formula is C14H23N3O. The molecule has 2 fully saturated rings. The molecular weight excluding hydrogens is 226 g/mol. The van der Waals surface area contributed by atoms with Crippen molar-refractivity contribution in [1.29, 1.82) is 5.26 Å². The van der Waals surface area contributed by atoms with Crippen LogP contribution in [0.5, 0.6) is 0 Å². The van der Waals surface area contributed by atoms with E-state index in [1.54, 1.807) is 0 Å². The maximum absolute atomic E-state index is 11.6. The summed E-state index contributed by atoms with van der Waals surface area (Å²) in [5.41, 5.74) is 5.53. The van der Waals surface area contributed by atoms with Crippen molar-refractivity contribution in [2.24, 2.45) is 11.7 Å². The molecule has 0 radical (unpaired) electrons. The Hall–Kier alpha value is -1.08. The molecule has 3 unspecified atom stereocenters. The Morgan fingerprint density at radius 3 is 2.56 bits per heavy atom. The Balaban J connectivity index is 2.14. The van der Waals surface area contributed by atoms with E-state index < -0.39 is 0 Å². The molecule has 0 bridgehead atoms. The fraction of sp³-hybridized carbons (Fsp3) is 0.857. The van der Waals surface area contributed by atoms with Crippen molar-refractivity contribution in [3.05, 3.63) is 0 Å². The zero-order chi connectivity index (χ0) is 13.0. The number of piperidine rings is 1. The Morgan fingerprint density at radius 1 is 1.11 bits per heavy atom. The largest absolute Gasteiger partial charge is 0.368 e. The van der Waals surface area contributed by atoms with Gasteiger partial charge in [-0.1, -0.05) is 25.7 Å². The highest BCUT2D eigenvalue weighted by molar-refractivity contribution is 5.80. The first-order valence-electron chi connectivity index (χ1n) is 7.18. The maximum atomic E-state index is 11.6. The van der Waals surface area contributed by atoms with Gasteiger partial charge in [0.25, 0.3) is 0 Å². The summed E-state index contributed by atoms with van der Waals surface area (Å²) in [5.74, 6) is -0.136. The number of hydrogen-bond donors (Lipinski definition) is 1. The van der Waals surface area contributed by atoms with Crippen LogP contribution in [0.4, 0.5) is 0 Å². The van der Waals surface area contributed by atoms with Gasteiger partial charge in [-0.25, -0.2) is 0 Å². The van der Waals surface area contributed by atoms with Crippen LogP contribution in [0.25, 0.3) is 0 Å². The average Bonchev–Trinajstić information content (AvgIpc) is 2.63. The first-order valence-corrected chi connectivity index (χ1v) is 7.18. The zero-order valence-electron chi connectivity index (χ0n) is 11.0. The number of nitriles is 1. The van der Waals surface area contributed by atoms with Crippen molar-refractivity contribution in [2.45, 2.75) is 63.5 Å². The third-order valence-corrected chi connectivity index (χ3v) is 4.44. The van der Waals surface area contributed by atoms with E-state index in [-0.39, 0.29) is 23.9 Å². The van der Waals surface area contributed by atoms with Crippen LogP contribution in [0.2, 0.25) is 0 Å². The highest BCUT2D eigenvalue weighted by atomic mass is 16.1. The van der Waals surface area contributed by atoms with Crippen LogP contribution in [0.3, 0.4) is 0 Å². The van der Waals surface area contributed by atoms with E-state index in [2.05, 4.69) is 11.0 Å². The number of carbonyl (C=O) groups excluding carboxylic acids is 1. The second kappa shape index (κ2) is 6.19. The molecule has 1 aliphatic heterocycles. The standard InChI is InChI=1S/C14H23N3O/c15-10-11-6-2-1-3-7-12(11)17-9-5-4-8-13(17)14(16)18/h11-13H,1-9H2,(H2,16,18). The van der Waals surface area contributed by atoms with E-state index >= 15 is 0 Å². The van der Waals surface area contributed by atoms with Crippen LogP contribution in [-0.4, -0.2) is 29.4 Å². The van der Waals surface area contributed by atoms with Crippen LogP contribution in [0, 0.1) is 17.2 Å². The lowest BCUT2D eigenvalue weighted by Gasteiger charge is -2.41. The van der Waals surface area contributed by atoms with E-state index in [1.807, 2.05) is 0 Å². The van der Waals surface area contributed by atoms with Crippen molar-refractivity contribution in [1.82, 2.24) is 4.90 Å². The molecule has 2 aliphatic rings. The second-order valence-corrected chi connectivity index (χ2v) is 5.59. The monoisotopic (exact) mass is 249 g/mol. The lowest BCUT2D eigenvalue weighted by Crippen LogP contribution is -2.54. The van der Waals surface area contributed by atoms with Gasteiger partial charge in [0.05, 0.1) is 18.0 Å². The van der Waals surface area contributed by atoms with Gasteiger partial charge in [0.15, 0.2) is 0 Å². The van der Waals surface area contributed by atoms with Crippen LogP contribution in [0.1, 0.15) is 51.4 Å². The molecule has 4 heteroatoms. The number of amides is 1. The number of likely N-dealkylation sites (tertiary alicyclic amines) is 1. The summed E-state index contributed by atoms with van der Waals surface area (Å²) in [6.45, 7) is 0.927. The molecule has 100 valence electrons. The van der Waals surface area contributed by atoms with E-state index in [0.717, 1.165) is 45.1 Å². The third-order valence-electron chi connectivity index (χ3n) is 4.44. The molecule has 2 rings (SSSR count). The van der Waals surface area contributed by atoms with E-state index in [1.165, 1.54) is 12.8 Å². The lowest BCUT2D eigenvalue weighted by atomic mass is 9.90. The molecule has 1 saturated carbocycles. The predicted molar refractivity (Wildman–Crippen MR) is 69.5 cm³/mol. The van der Waals surface area contributed by atoms with Crippen molar-refractivity contribution in [3.8, 4) is 6.07 Å². The molecule has 2 N–H and O–H groups in total. The molecule has 1 heterocycles. The van der Waals surface area contributed by atoms with Gasteiger partial charge in [0.2, 0.25) is 5.91 Å². The molecule has 1 amide bonds. The number of primary amides is 1. The summed E-state index contributed by atoms with van der Waals surface area (Å²) in [7, 11) is 0. The van der Waals surface area contributed by atoms with Gasteiger partial charge in [-0.2, -0.15) is 5.26 Å². The second-order valence-electron chi connectivity index (χ2n) is 5.59. The topological polar surface area (TPSA) is 70.1 Å². The van der Waals surface area contributed by atoms with Gasteiger partial charge in [-0.3, -0.25) is 9.69 Å². The number of nitrogens with two attached hydrogens (primary N) is 1. The molecule has 3 atom stereocenters. The quantitative estimate of drug-likeness (QED) is 0.759. The van der Waals surface area contributed by atoms with Gasteiger partial charge in [0, 0.05) is 6.04 Å². The first-order chi connectivity index (χ1) is 8.74. The number of rotatable bonds is 2. The molecule has 0 aromatic carbocycles. The van der Waals surface area contributed by atoms with Crippen LogP contribution in [-0.2, 0) is 4.79 Å². The SMILES string of the molecule is N#CC1CCCCCC1N1CCCCC1C(N)=O. The van der Waals surface area contributed by atoms with E-state index in [4.69, 9.17) is 5.73 Å². The van der Waals surface area contributed by atoms with Crippen molar-refractivity contribution >= 4 is 5.91 Å². The Labute approximate surface area is 109 Å². The Bertz CT molecular complexity index is 336. The molecule has 1 saturated heterocycles. The highest BCUT2D eigenvalue weighted by Gasteiger charge is 2.36. The number of nitrogens with zero attached hydrogens (tertiary/aromatic N) is 2. The smallest absolute Gasteiger partial charge is 0.234 e. The molecule has 4 nitrogen and oxygen atoms in total. The Kier molecular flexibility index (Phi) is 4.60. The van der Waals surface area contributed by atoms with Crippen LogP contribution < -0.4 is 5.73 Å². The first kappa shape index (κ1) is 13.4. The lowest BCUT2D eigenvalue weighted by molar-refractivity contribution is -0.126. The summed E-state index contributed by atoms with van der Waals surface area (Å²) in [6.07, 6.45) is 8.61. The minimum absolute atomic E-state index is 0.0763. The maximum Gasteiger partial charge on any atom is 0.234 e. The van der Waals surface area contributed by atoms with Gasteiger partial charge in [0.1, 0.15) is 0 Å². The number of carbonyl (C=O) groups is 1. The van der Waals surface area contributed by atoms with E-state index in [0.29, 0.717) is 0 Å². The highest BCUT2D eigenvalue weighted by Crippen LogP contribution is 2.31. The summed E-state index contributed by atoms with van der Waals surface area (Å²) in [5, 5.41) is 9.35. The molecule has 1 aliphatic carbocycles. The Morgan fingerprint density at radius 2 is 1.83 bits per heavy atom. The predicted octanol–water partition coefficient (Wildman–Crippen LogP) is 1.80. The van der Waals surface area contributed by atoms with Crippen molar-refractivity contribution < 1.29 is 4.79 Å². The molecule has 0 aromatic rings. The zero-order valence-corrected chi connectivity index (χ0v) is 11.0. The van der Waals surface area contributed by atoms with Gasteiger partial charge < -0.3 is 5.73 Å². The summed E-state index contributed by atoms with van der Waals surface area (Å²) in [6, 6.07) is 2.56. The fourth-order valence-electron chi connectivity index (χ4n) is 3.49. The average molecular weight is 249 g/mol. The van der Waals surface area contributed by atoms with Gasteiger partial charge >= 0.3 is 0 Å². The molecule has 0 aromatic heterocycles. The van der Waals surface area contributed by atoms with Crippen LogP contribution >= 0.6 is 0 Å². The summed E-state index contributed by atoms with van der Waals surface area (Å²) >= 11 is 0. The number of hydrogen-bond acceptors (Lipinski definition) is 3. The summed E-state index contributed by atoms with van der Waals surface area (Å²) < 4.78 is 0. The van der Waals surface area contributed by atoms with E-state index in [9.17, 15) is 10.1 Å². The van der Waals surface area contributed by atoms with Crippen LogP contribution in [0.15, 0.2) is 0 Å². The van der Waals surface area contributed by atoms with Gasteiger partial charge in [-0.05, 0) is 32.2 Å². The summed E-state index contributed by atoms with van der Waals surface area (Å²) in [4.78, 5) is 13.8. The third kappa shape index (κ3) is 2.84. The minimum Gasteiger partial charge on any atom is -0.368 e. The van der Waals surface area contributed by atoms with Crippen molar-refractivity contribution in [2.75, 3.05) is 6.54 Å². The normalized spacial score (nSPS) is 34.5. The molecule has 0 spiro atoms. The fourth-order valence-corrected chi connectivity index (χ4v) is 3.49. The van der Waals surface area contributed by atoms with Gasteiger partial charge in [-0.15, -0.1) is 0 Å².